The Morgan fingerprint density at radius 3 is 2.66 bits per heavy atom. The first-order valence-electron chi connectivity index (χ1n) is 10.8. The van der Waals surface area contributed by atoms with Crippen molar-refractivity contribution in [2.75, 3.05) is 19.0 Å². The molecule has 2 heterocycles. The molecule has 6 nitrogen and oxygen atoms in total. The van der Waals surface area contributed by atoms with Gasteiger partial charge in [-0.2, -0.15) is 0 Å². The smallest absolute Gasteiger partial charge is 0.224 e. The zero-order valence-electron chi connectivity index (χ0n) is 19.0. The number of carbonyl (C=O) groups is 1. The van der Waals surface area contributed by atoms with E-state index in [4.69, 9.17) is 0 Å². The van der Waals surface area contributed by atoms with Gasteiger partial charge in [0.25, 0.3) is 0 Å². The minimum atomic E-state index is -0.271. The number of carbonyl (C=O) groups excluding carboxylic acids is 1. The van der Waals surface area contributed by atoms with Crippen LogP contribution in [-0.2, 0) is 17.6 Å². The molecule has 1 atom stereocenters. The number of para-hydroxylation sites is 1. The van der Waals surface area contributed by atoms with E-state index < -0.39 is 0 Å². The number of nitrogens with zero attached hydrogens (tertiary/aromatic N) is 3. The summed E-state index contributed by atoms with van der Waals surface area (Å²) in [4.78, 5) is 27.5. The molecule has 0 bridgehead atoms. The first-order chi connectivity index (χ1) is 15.4. The average Bonchev–Trinajstić information content (AvgIpc) is 3.16. The average molecular weight is 428 g/mol. The standard InChI is InChI=1S/C26H29N5O/c1-17-8-7-9-19(12-17)13-26(32)30-23(24-15-25(31(3)4)29-18(2)28-24)14-20-16-27-22-11-6-5-10-21(20)22/h5-12,15-16,23,27H,13-14H2,1-4H3,(H,30,32). The third kappa shape index (κ3) is 4.97. The van der Waals surface area contributed by atoms with E-state index in [2.05, 4.69) is 32.4 Å². The molecule has 0 radical (unpaired) electrons. The minimum absolute atomic E-state index is 0.0249. The molecule has 0 fully saturated rings. The molecule has 2 aromatic carbocycles. The fraction of sp³-hybridized carbons (Fsp3) is 0.269. The van der Waals surface area contributed by atoms with Crippen LogP contribution in [0.5, 0.6) is 0 Å². The highest BCUT2D eigenvalue weighted by Gasteiger charge is 2.20. The van der Waals surface area contributed by atoms with E-state index in [0.29, 0.717) is 18.7 Å². The first-order valence-corrected chi connectivity index (χ1v) is 10.8. The summed E-state index contributed by atoms with van der Waals surface area (Å²) >= 11 is 0. The van der Waals surface area contributed by atoms with Crippen molar-refractivity contribution in [2.24, 2.45) is 0 Å². The van der Waals surface area contributed by atoms with Crippen LogP contribution in [-0.4, -0.2) is 35.0 Å². The van der Waals surface area contributed by atoms with Crippen molar-refractivity contribution in [3.05, 3.63) is 89.0 Å². The van der Waals surface area contributed by atoms with E-state index in [-0.39, 0.29) is 11.9 Å². The lowest BCUT2D eigenvalue weighted by molar-refractivity contribution is -0.121. The molecule has 0 aliphatic heterocycles. The zero-order chi connectivity index (χ0) is 22.7. The van der Waals surface area contributed by atoms with Gasteiger partial charge < -0.3 is 15.2 Å². The largest absolute Gasteiger partial charge is 0.363 e. The molecule has 0 aliphatic carbocycles. The molecule has 0 saturated heterocycles. The van der Waals surface area contributed by atoms with Gasteiger partial charge in [-0.3, -0.25) is 4.79 Å². The number of fused-ring (bicyclic) bond motifs is 1. The summed E-state index contributed by atoms with van der Waals surface area (Å²) in [5.74, 6) is 1.48. The van der Waals surface area contributed by atoms with Crippen LogP contribution < -0.4 is 10.2 Å². The quantitative estimate of drug-likeness (QED) is 0.462. The molecule has 2 aromatic heterocycles. The number of H-pyrrole nitrogens is 1. The fourth-order valence-electron chi connectivity index (χ4n) is 3.98. The predicted octanol–water partition coefficient (Wildman–Crippen LogP) is 4.28. The predicted molar refractivity (Wildman–Crippen MR) is 129 cm³/mol. The van der Waals surface area contributed by atoms with E-state index in [1.165, 1.54) is 0 Å². The van der Waals surface area contributed by atoms with Gasteiger partial charge in [-0.25, -0.2) is 9.97 Å². The number of benzene rings is 2. The Balaban J connectivity index is 1.65. The summed E-state index contributed by atoms with van der Waals surface area (Å²) in [6, 6.07) is 17.9. The van der Waals surface area contributed by atoms with Crippen molar-refractivity contribution < 1.29 is 4.79 Å². The SMILES string of the molecule is Cc1cccc(CC(=O)NC(Cc2c[nH]c3ccccc23)c2cc(N(C)C)nc(C)n2)c1. The molecule has 0 saturated carbocycles. The lowest BCUT2D eigenvalue weighted by atomic mass is 10.0. The topological polar surface area (TPSA) is 73.9 Å². The Morgan fingerprint density at radius 2 is 1.88 bits per heavy atom. The van der Waals surface area contributed by atoms with Crippen LogP contribution >= 0.6 is 0 Å². The Labute approximate surface area is 188 Å². The number of amides is 1. The molecule has 2 N–H and O–H groups in total. The molecule has 1 unspecified atom stereocenters. The van der Waals surface area contributed by atoms with Crippen LogP contribution in [0, 0.1) is 13.8 Å². The van der Waals surface area contributed by atoms with Crippen LogP contribution in [0.3, 0.4) is 0 Å². The normalized spacial score (nSPS) is 12.0. The lowest BCUT2D eigenvalue weighted by Gasteiger charge is -2.21. The molecule has 6 heteroatoms. The van der Waals surface area contributed by atoms with Gasteiger partial charge in [0.1, 0.15) is 11.6 Å². The van der Waals surface area contributed by atoms with E-state index in [1.807, 2.05) is 81.5 Å². The molecule has 1 amide bonds. The van der Waals surface area contributed by atoms with E-state index >= 15 is 0 Å². The van der Waals surface area contributed by atoms with Crippen molar-refractivity contribution in [3.8, 4) is 0 Å². The summed E-state index contributed by atoms with van der Waals surface area (Å²) in [6.07, 6.45) is 2.98. The van der Waals surface area contributed by atoms with Gasteiger partial charge in [-0.1, -0.05) is 48.0 Å². The number of aromatic nitrogens is 3. The number of nitrogens with one attached hydrogen (secondary N) is 2. The van der Waals surface area contributed by atoms with Crippen molar-refractivity contribution in [1.29, 1.82) is 0 Å². The highest BCUT2D eigenvalue weighted by molar-refractivity contribution is 5.83. The van der Waals surface area contributed by atoms with Crippen molar-refractivity contribution >= 4 is 22.6 Å². The van der Waals surface area contributed by atoms with Gasteiger partial charge in [-0.15, -0.1) is 0 Å². The monoisotopic (exact) mass is 427 g/mol. The second-order valence-electron chi connectivity index (χ2n) is 8.44. The Kier molecular flexibility index (Phi) is 6.21. The Hall–Kier alpha value is -3.67. The van der Waals surface area contributed by atoms with Gasteiger partial charge in [0.15, 0.2) is 0 Å². The lowest BCUT2D eigenvalue weighted by Crippen LogP contribution is -2.32. The van der Waals surface area contributed by atoms with Gasteiger partial charge in [0, 0.05) is 43.7 Å². The highest BCUT2D eigenvalue weighted by Crippen LogP contribution is 2.25. The highest BCUT2D eigenvalue weighted by atomic mass is 16.1. The first kappa shape index (κ1) is 21.6. The second-order valence-corrected chi connectivity index (χ2v) is 8.44. The second kappa shape index (κ2) is 9.22. The van der Waals surface area contributed by atoms with Crippen LogP contribution in [0.25, 0.3) is 10.9 Å². The molecular weight excluding hydrogens is 398 g/mol. The number of aromatic amines is 1. The molecular formula is C26H29N5O. The summed E-state index contributed by atoms with van der Waals surface area (Å²) in [5.41, 5.74) is 5.18. The fourth-order valence-corrected chi connectivity index (χ4v) is 3.98. The van der Waals surface area contributed by atoms with E-state index in [1.54, 1.807) is 0 Å². The van der Waals surface area contributed by atoms with E-state index in [0.717, 1.165) is 39.1 Å². The maximum absolute atomic E-state index is 13.0. The number of aryl methyl sites for hydroxylation is 2. The molecule has 0 spiro atoms. The Bertz CT molecular complexity index is 1240. The summed E-state index contributed by atoms with van der Waals surface area (Å²) in [5, 5.41) is 4.39. The molecule has 0 aliphatic rings. The van der Waals surface area contributed by atoms with Crippen LogP contribution in [0.4, 0.5) is 5.82 Å². The maximum atomic E-state index is 13.0. The number of hydrogen-bond acceptors (Lipinski definition) is 4. The van der Waals surface area contributed by atoms with Crippen LogP contribution in [0.2, 0.25) is 0 Å². The van der Waals surface area contributed by atoms with Gasteiger partial charge in [-0.05, 0) is 31.0 Å². The Morgan fingerprint density at radius 1 is 1.06 bits per heavy atom. The van der Waals surface area contributed by atoms with E-state index in [9.17, 15) is 4.79 Å². The molecule has 4 rings (SSSR count). The summed E-state index contributed by atoms with van der Waals surface area (Å²) in [7, 11) is 3.91. The van der Waals surface area contributed by atoms with Crippen molar-refractivity contribution in [1.82, 2.24) is 20.3 Å². The van der Waals surface area contributed by atoms with Gasteiger partial charge in [0.05, 0.1) is 18.2 Å². The molecule has 4 aromatic rings. The third-order valence-corrected chi connectivity index (χ3v) is 5.54. The summed E-state index contributed by atoms with van der Waals surface area (Å²) < 4.78 is 0. The van der Waals surface area contributed by atoms with Gasteiger partial charge in [0.2, 0.25) is 5.91 Å². The van der Waals surface area contributed by atoms with Gasteiger partial charge >= 0.3 is 0 Å². The van der Waals surface area contributed by atoms with Crippen LogP contribution in [0.15, 0.2) is 60.8 Å². The minimum Gasteiger partial charge on any atom is -0.363 e. The molecule has 32 heavy (non-hydrogen) atoms. The summed E-state index contributed by atoms with van der Waals surface area (Å²) in [6.45, 7) is 3.92. The van der Waals surface area contributed by atoms with Crippen LogP contribution in [0.1, 0.15) is 34.3 Å². The zero-order valence-corrected chi connectivity index (χ0v) is 19.0. The third-order valence-electron chi connectivity index (χ3n) is 5.54. The number of hydrogen-bond donors (Lipinski definition) is 2. The maximum Gasteiger partial charge on any atom is 0.224 e. The van der Waals surface area contributed by atoms with Crippen molar-refractivity contribution in [2.45, 2.75) is 32.7 Å². The number of anilines is 1. The molecule has 164 valence electrons. The number of rotatable bonds is 7. The van der Waals surface area contributed by atoms with Crippen molar-refractivity contribution in [3.63, 3.8) is 0 Å².